The third-order valence-corrected chi connectivity index (χ3v) is 2.87. The lowest BCUT2D eigenvalue weighted by atomic mass is 10.0. The molecule has 15 heavy (non-hydrogen) atoms. The molecule has 0 amide bonds. The quantitative estimate of drug-likeness (QED) is 0.777. The van der Waals surface area contributed by atoms with Crippen LogP contribution in [0, 0.1) is 5.95 Å². The van der Waals surface area contributed by atoms with Crippen LogP contribution in [-0.2, 0) is 15.3 Å². The molecule has 1 saturated heterocycles. The molecule has 2 rings (SSSR count). The molecule has 0 bridgehead atoms. The molecule has 0 aromatic carbocycles. The maximum absolute atomic E-state index is 12.8. The highest BCUT2D eigenvalue weighted by molar-refractivity contribution is 5.09. The number of rotatable bonds is 1. The van der Waals surface area contributed by atoms with E-state index in [0.29, 0.717) is 5.69 Å². The highest BCUT2D eigenvalue weighted by Gasteiger charge is 2.49. The van der Waals surface area contributed by atoms with E-state index < -0.39 is 17.3 Å². The molecule has 1 aliphatic rings. The lowest BCUT2D eigenvalue weighted by Gasteiger charge is -2.23. The third kappa shape index (κ3) is 1.66. The number of nitrogens with one attached hydrogen (secondary N) is 1. The first kappa shape index (κ1) is 10.6. The summed E-state index contributed by atoms with van der Waals surface area (Å²) < 4.78 is 24.3. The van der Waals surface area contributed by atoms with Crippen molar-refractivity contribution in [2.45, 2.75) is 45.2 Å². The molecule has 1 aromatic rings. The Bertz CT molecular complexity index is 377. The van der Waals surface area contributed by atoms with Crippen molar-refractivity contribution in [3.8, 4) is 0 Å². The van der Waals surface area contributed by atoms with Crippen LogP contribution in [0.5, 0.6) is 0 Å². The molecule has 2 unspecified atom stereocenters. The van der Waals surface area contributed by atoms with Crippen LogP contribution in [-0.4, -0.2) is 21.9 Å². The molecular weight excluding hydrogens is 199 g/mol. The van der Waals surface area contributed by atoms with Crippen LogP contribution in [0.4, 0.5) is 4.39 Å². The molecule has 2 heterocycles. The maximum atomic E-state index is 12.8. The number of aromatic nitrogens is 2. The Kier molecular flexibility index (Phi) is 2.13. The van der Waals surface area contributed by atoms with Crippen LogP contribution in [0.2, 0.25) is 0 Å². The van der Waals surface area contributed by atoms with Gasteiger partial charge < -0.3 is 9.47 Å². The molecular formula is C10H15FN2O2. The van der Waals surface area contributed by atoms with Gasteiger partial charge in [0.2, 0.25) is 11.7 Å². The predicted octanol–water partition coefficient (Wildman–Crippen LogP) is 1.94. The minimum atomic E-state index is -0.944. The largest absolute Gasteiger partial charge is 0.339 e. The van der Waals surface area contributed by atoms with Crippen LogP contribution in [0.1, 0.15) is 33.4 Å². The van der Waals surface area contributed by atoms with Crippen LogP contribution < -0.4 is 0 Å². The van der Waals surface area contributed by atoms with Gasteiger partial charge in [0.25, 0.3) is 0 Å². The zero-order valence-electron chi connectivity index (χ0n) is 9.30. The molecule has 2 atom stereocenters. The molecule has 0 spiro atoms. The van der Waals surface area contributed by atoms with Crippen molar-refractivity contribution in [2.24, 2.45) is 0 Å². The number of ether oxygens (including phenoxy) is 2. The highest BCUT2D eigenvalue weighted by atomic mass is 19.1. The summed E-state index contributed by atoms with van der Waals surface area (Å²) >= 11 is 0. The minimum Gasteiger partial charge on any atom is -0.339 e. The first-order valence-electron chi connectivity index (χ1n) is 4.93. The fraction of sp³-hybridized carbons (Fsp3) is 0.700. The molecule has 84 valence electrons. The average molecular weight is 214 g/mol. The van der Waals surface area contributed by atoms with Gasteiger partial charge in [0.15, 0.2) is 0 Å². The number of aromatic amines is 1. The number of halogens is 1. The number of nitrogens with zero attached hydrogens (tertiary/aromatic N) is 1. The van der Waals surface area contributed by atoms with Crippen molar-refractivity contribution >= 4 is 0 Å². The summed E-state index contributed by atoms with van der Waals surface area (Å²) in [6.07, 6.45) is -0.0612. The second-order valence-corrected chi connectivity index (χ2v) is 4.52. The molecule has 5 heteroatoms. The van der Waals surface area contributed by atoms with Gasteiger partial charge in [-0.3, -0.25) is 5.10 Å². The van der Waals surface area contributed by atoms with E-state index >= 15 is 0 Å². The summed E-state index contributed by atoms with van der Waals surface area (Å²) in [6.45, 7) is 7.56. The van der Waals surface area contributed by atoms with Gasteiger partial charge in [0.1, 0.15) is 0 Å². The van der Waals surface area contributed by atoms with Crippen molar-refractivity contribution in [1.82, 2.24) is 10.2 Å². The SMILES string of the molecule is CC1OC(C)(c2cc(F)n[nH]2)OC1(C)C. The Morgan fingerprint density at radius 1 is 1.47 bits per heavy atom. The first-order valence-corrected chi connectivity index (χ1v) is 4.93. The summed E-state index contributed by atoms with van der Waals surface area (Å²) in [5.41, 5.74) is 0.105. The van der Waals surface area contributed by atoms with Crippen LogP contribution in [0.15, 0.2) is 6.07 Å². The van der Waals surface area contributed by atoms with Gasteiger partial charge in [-0.1, -0.05) is 0 Å². The minimum absolute atomic E-state index is 0.0612. The maximum Gasteiger partial charge on any atom is 0.232 e. The highest BCUT2D eigenvalue weighted by Crippen LogP contribution is 2.41. The van der Waals surface area contributed by atoms with Gasteiger partial charge in [-0.05, 0) is 27.7 Å². The van der Waals surface area contributed by atoms with E-state index in [2.05, 4.69) is 10.2 Å². The summed E-state index contributed by atoms with van der Waals surface area (Å²) in [5.74, 6) is -1.50. The van der Waals surface area contributed by atoms with E-state index in [9.17, 15) is 4.39 Å². The average Bonchev–Trinajstić information content (AvgIpc) is 2.57. The molecule has 4 nitrogen and oxygen atoms in total. The van der Waals surface area contributed by atoms with E-state index in [1.165, 1.54) is 6.07 Å². The monoisotopic (exact) mass is 214 g/mol. The number of hydrogen-bond donors (Lipinski definition) is 1. The van der Waals surface area contributed by atoms with Crippen molar-refractivity contribution in [3.63, 3.8) is 0 Å². The van der Waals surface area contributed by atoms with E-state index in [0.717, 1.165) is 0 Å². The van der Waals surface area contributed by atoms with Crippen molar-refractivity contribution in [2.75, 3.05) is 0 Å². The topological polar surface area (TPSA) is 47.1 Å². The summed E-state index contributed by atoms with van der Waals surface area (Å²) in [7, 11) is 0. The molecule has 1 aromatic heterocycles. The number of H-pyrrole nitrogens is 1. The van der Waals surface area contributed by atoms with Gasteiger partial charge in [-0.2, -0.15) is 4.39 Å². The summed E-state index contributed by atoms with van der Waals surface area (Å²) in [5, 5.41) is 6.00. The van der Waals surface area contributed by atoms with E-state index in [1.54, 1.807) is 6.92 Å². The van der Waals surface area contributed by atoms with Crippen molar-refractivity contribution in [3.05, 3.63) is 17.7 Å². The van der Waals surface area contributed by atoms with E-state index in [1.807, 2.05) is 20.8 Å². The Hall–Kier alpha value is -0.940. The second-order valence-electron chi connectivity index (χ2n) is 4.52. The Morgan fingerprint density at radius 3 is 2.53 bits per heavy atom. The molecule has 1 N–H and O–H groups in total. The standard InChI is InChI=1S/C10H15FN2O2/c1-6-9(2,3)15-10(4,14-6)7-5-8(11)13-12-7/h5-6H,1-4H3,(H,12,13). The van der Waals surface area contributed by atoms with Gasteiger partial charge >= 0.3 is 0 Å². The van der Waals surface area contributed by atoms with Crippen molar-refractivity contribution in [1.29, 1.82) is 0 Å². The molecule has 0 radical (unpaired) electrons. The lowest BCUT2D eigenvalue weighted by molar-refractivity contribution is -0.182. The summed E-state index contributed by atoms with van der Waals surface area (Å²) in [6, 6.07) is 1.29. The van der Waals surface area contributed by atoms with Gasteiger partial charge in [-0.25, -0.2) is 0 Å². The zero-order valence-corrected chi connectivity index (χ0v) is 9.30. The van der Waals surface area contributed by atoms with Gasteiger partial charge in [0, 0.05) is 6.07 Å². The third-order valence-electron chi connectivity index (χ3n) is 2.87. The lowest BCUT2D eigenvalue weighted by Crippen LogP contribution is -2.31. The Labute approximate surface area is 87.8 Å². The Morgan fingerprint density at radius 2 is 2.13 bits per heavy atom. The zero-order chi connectivity index (χ0) is 11.3. The Balaban J connectivity index is 2.30. The second kappa shape index (κ2) is 3.02. The molecule has 0 saturated carbocycles. The molecule has 1 fully saturated rings. The number of hydrogen-bond acceptors (Lipinski definition) is 3. The van der Waals surface area contributed by atoms with Crippen molar-refractivity contribution < 1.29 is 13.9 Å². The van der Waals surface area contributed by atoms with Crippen LogP contribution >= 0.6 is 0 Å². The summed E-state index contributed by atoms with van der Waals surface area (Å²) in [4.78, 5) is 0. The fourth-order valence-electron chi connectivity index (χ4n) is 1.74. The molecule has 0 aliphatic carbocycles. The first-order chi connectivity index (χ1) is 6.83. The predicted molar refractivity (Wildman–Crippen MR) is 51.6 cm³/mol. The van der Waals surface area contributed by atoms with E-state index in [4.69, 9.17) is 9.47 Å². The normalized spacial score (nSPS) is 34.6. The van der Waals surface area contributed by atoms with E-state index in [-0.39, 0.29) is 6.10 Å². The van der Waals surface area contributed by atoms with Gasteiger partial charge in [0.05, 0.1) is 17.4 Å². The fourth-order valence-corrected chi connectivity index (χ4v) is 1.74. The smallest absolute Gasteiger partial charge is 0.232 e. The van der Waals surface area contributed by atoms with Crippen LogP contribution in [0.3, 0.4) is 0 Å². The molecule has 1 aliphatic heterocycles. The van der Waals surface area contributed by atoms with Gasteiger partial charge in [-0.15, -0.1) is 5.10 Å². The van der Waals surface area contributed by atoms with Crippen LogP contribution in [0.25, 0.3) is 0 Å².